The summed E-state index contributed by atoms with van der Waals surface area (Å²) in [6.07, 6.45) is -13.2. The first kappa shape index (κ1) is 38.1. The van der Waals surface area contributed by atoms with Crippen molar-refractivity contribution in [2.24, 2.45) is 5.92 Å². The van der Waals surface area contributed by atoms with Crippen molar-refractivity contribution in [3.05, 3.63) is 101 Å². The van der Waals surface area contributed by atoms with E-state index in [2.05, 4.69) is 4.74 Å². The van der Waals surface area contributed by atoms with E-state index in [1.807, 2.05) is 0 Å². The predicted octanol–water partition coefficient (Wildman–Crippen LogP) is 6.80. The van der Waals surface area contributed by atoms with Crippen molar-refractivity contribution in [1.82, 2.24) is 9.80 Å². The SMILES string of the molecule is CC(=O)N1CCN(C(=O)[C@H]2CC[C@@](c3ccc(C(OCc4c(F)cccc4F)(C(F)(F)F)C(F)(F)F)cc3)(S(=O)(=O)c3ccc(F)cc3)C2)CC1. The number of carbonyl (C=O) groups is 2. The number of rotatable bonds is 8. The van der Waals surface area contributed by atoms with Crippen LogP contribution in [-0.4, -0.2) is 68.6 Å². The number of alkyl halides is 6. The van der Waals surface area contributed by atoms with Crippen LogP contribution >= 0.6 is 0 Å². The van der Waals surface area contributed by atoms with Gasteiger partial charge in [-0.05, 0) is 61.2 Å². The first-order valence-corrected chi connectivity index (χ1v) is 17.1. The van der Waals surface area contributed by atoms with Crippen molar-refractivity contribution in [1.29, 1.82) is 0 Å². The molecular weight excluding hydrogens is 719 g/mol. The third-order valence-corrected chi connectivity index (χ3v) is 12.1. The molecule has 0 N–H and O–H groups in total. The molecule has 1 saturated heterocycles. The largest absolute Gasteiger partial charge is 0.430 e. The van der Waals surface area contributed by atoms with Crippen LogP contribution in [0.4, 0.5) is 39.5 Å². The second-order valence-electron chi connectivity index (χ2n) is 12.5. The van der Waals surface area contributed by atoms with Crippen LogP contribution in [0.1, 0.15) is 42.9 Å². The highest BCUT2D eigenvalue weighted by molar-refractivity contribution is 7.92. The highest BCUT2D eigenvalue weighted by Gasteiger charge is 2.73. The van der Waals surface area contributed by atoms with Crippen molar-refractivity contribution in [3.8, 4) is 0 Å². The molecule has 0 spiro atoms. The molecule has 5 rings (SSSR count). The second kappa shape index (κ2) is 13.8. The molecule has 0 radical (unpaired) electrons. The minimum absolute atomic E-state index is 0.0275. The molecule has 2 atom stereocenters. The molecule has 2 amide bonds. The Labute approximate surface area is 286 Å². The van der Waals surface area contributed by atoms with E-state index in [0.29, 0.717) is 24.3 Å². The van der Waals surface area contributed by atoms with Crippen LogP contribution in [0.3, 0.4) is 0 Å². The van der Waals surface area contributed by atoms with E-state index in [1.165, 1.54) is 16.7 Å². The molecular formula is C34H31F9N2O5S. The Hall–Kier alpha value is -4.12. The summed E-state index contributed by atoms with van der Waals surface area (Å²) in [5.74, 6) is -5.23. The Morgan fingerprint density at radius 1 is 0.804 bits per heavy atom. The molecule has 1 aliphatic heterocycles. The summed E-state index contributed by atoms with van der Waals surface area (Å²) in [5, 5.41) is 0. The molecule has 276 valence electrons. The predicted molar refractivity (Wildman–Crippen MR) is 163 cm³/mol. The maximum absolute atomic E-state index is 14.5. The lowest BCUT2D eigenvalue weighted by atomic mass is 9.88. The molecule has 1 saturated carbocycles. The zero-order valence-electron chi connectivity index (χ0n) is 26.8. The molecule has 7 nitrogen and oxygen atoms in total. The van der Waals surface area contributed by atoms with E-state index >= 15 is 0 Å². The first-order chi connectivity index (χ1) is 23.7. The summed E-state index contributed by atoms with van der Waals surface area (Å²) >= 11 is 0. The molecule has 0 unspecified atom stereocenters. The topological polar surface area (TPSA) is 84.0 Å². The van der Waals surface area contributed by atoms with Crippen LogP contribution < -0.4 is 0 Å². The molecule has 51 heavy (non-hydrogen) atoms. The average Bonchev–Trinajstić information content (AvgIpc) is 3.53. The Morgan fingerprint density at radius 3 is 1.84 bits per heavy atom. The van der Waals surface area contributed by atoms with Crippen LogP contribution in [0.5, 0.6) is 0 Å². The number of amides is 2. The lowest BCUT2D eigenvalue weighted by Crippen LogP contribution is -2.56. The van der Waals surface area contributed by atoms with E-state index in [9.17, 15) is 57.5 Å². The minimum atomic E-state index is -6.23. The van der Waals surface area contributed by atoms with Gasteiger partial charge >= 0.3 is 12.4 Å². The van der Waals surface area contributed by atoms with Crippen LogP contribution in [-0.2, 0) is 41.1 Å². The van der Waals surface area contributed by atoms with Gasteiger partial charge in [0, 0.05) is 50.1 Å². The summed E-state index contributed by atoms with van der Waals surface area (Å²) in [5.41, 5.74) is -8.08. The monoisotopic (exact) mass is 750 g/mol. The zero-order valence-corrected chi connectivity index (χ0v) is 27.6. The fourth-order valence-electron chi connectivity index (χ4n) is 6.82. The second-order valence-corrected chi connectivity index (χ2v) is 14.7. The van der Waals surface area contributed by atoms with E-state index < -0.39 is 90.9 Å². The summed E-state index contributed by atoms with van der Waals surface area (Å²) in [6, 6.07) is 8.06. The van der Waals surface area contributed by atoms with Crippen molar-refractivity contribution in [3.63, 3.8) is 0 Å². The standard InChI is InChI=1S/C34H31F9N2O5S/c1-21(46)44-15-17-45(18-16-44)30(47)22-13-14-31(19-22,51(48,49)26-11-9-25(35)10-12-26)23-5-7-24(8-6-23)32(33(38,39)40,34(41,42)43)50-20-27-28(36)3-2-4-29(27)37/h2-12,22H,13-20H2,1H3/t22-,31+/m0/s1. The molecule has 17 heteroatoms. The maximum Gasteiger partial charge on any atom is 0.430 e. The number of carbonyl (C=O) groups excluding carboxylic acids is 2. The molecule has 1 heterocycles. The van der Waals surface area contributed by atoms with Crippen LogP contribution in [0.15, 0.2) is 71.6 Å². The summed E-state index contributed by atoms with van der Waals surface area (Å²) in [4.78, 5) is 27.9. The van der Waals surface area contributed by atoms with Crippen molar-refractivity contribution in [2.75, 3.05) is 26.2 Å². The van der Waals surface area contributed by atoms with Gasteiger partial charge in [0.2, 0.25) is 11.8 Å². The molecule has 0 aromatic heterocycles. The van der Waals surface area contributed by atoms with Gasteiger partial charge < -0.3 is 14.5 Å². The summed E-state index contributed by atoms with van der Waals surface area (Å²) in [6.45, 7) is 0.397. The van der Waals surface area contributed by atoms with Gasteiger partial charge in [-0.25, -0.2) is 21.6 Å². The normalized spacial score (nSPS) is 20.5. The average molecular weight is 751 g/mol. The molecule has 0 bridgehead atoms. The number of benzene rings is 3. The maximum atomic E-state index is 14.5. The molecule has 1 aliphatic carbocycles. The lowest BCUT2D eigenvalue weighted by Gasteiger charge is -2.38. The van der Waals surface area contributed by atoms with Crippen LogP contribution in [0, 0.1) is 23.4 Å². The van der Waals surface area contributed by atoms with Gasteiger partial charge in [0.15, 0.2) is 9.84 Å². The Bertz CT molecular complexity index is 1840. The van der Waals surface area contributed by atoms with Gasteiger partial charge in [-0.15, -0.1) is 0 Å². The fraction of sp³-hybridized carbons (Fsp3) is 0.412. The van der Waals surface area contributed by atoms with Crippen LogP contribution in [0.25, 0.3) is 0 Å². The van der Waals surface area contributed by atoms with Gasteiger partial charge in [-0.3, -0.25) is 9.59 Å². The zero-order chi connectivity index (χ0) is 37.6. The Kier molecular flexibility index (Phi) is 10.3. The van der Waals surface area contributed by atoms with Gasteiger partial charge in [0.25, 0.3) is 5.60 Å². The molecule has 3 aromatic rings. The van der Waals surface area contributed by atoms with Crippen molar-refractivity contribution < 1.29 is 62.3 Å². The van der Waals surface area contributed by atoms with E-state index in [0.717, 1.165) is 42.5 Å². The highest BCUT2D eigenvalue weighted by atomic mass is 32.2. The molecule has 2 aliphatic rings. The van der Waals surface area contributed by atoms with Crippen molar-refractivity contribution in [2.45, 2.75) is 60.4 Å². The number of hydrogen-bond donors (Lipinski definition) is 0. The van der Waals surface area contributed by atoms with Gasteiger partial charge in [-0.2, -0.15) is 26.3 Å². The third-order valence-electron chi connectivity index (χ3n) is 9.61. The Balaban J connectivity index is 1.56. The Morgan fingerprint density at radius 2 is 1.33 bits per heavy atom. The number of piperazine rings is 1. The van der Waals surface area contributed by atoms with Gasteiger partial charge in [-0.1, -0.05) is 30.3 Å². The highest BCUT2D eigenvalue weighted by Crippen LogP contribution is 2.55. The number of ether oxygens (including phenoxy) is 1. The quantitative estimate of drug-likeness (QED) is 0.187. The van der Waals surface area contributed by atoms with E-state index in [-0.39, 0.29) is 50.5 Å². The number of sulfone groups is 1. The number of nitrogens with zero attached hydrogens (tertiary/aromatic N) is 2. The van der Waals surface area contributed by atoms with Crippen molar-refractivity contribution >= 4 is 21.7 Å². The number of halogens is 9. The molecule has 2 fully saturated rings. The lowest BCUT2D eigenvalue weighted by molar-refractivity contribution is -0.392. The van der Waals surface area contributed by atoms with E-state index in [1.54, 1.807) is 0 Å². The number of hydrogen-bond acceptors (Lipinski definition) is 5. The fourth-order valence-corrected chi connectivity index (χ4v) is 9.01. The first-order valence-electron chi connectivity index (χ1n) is 15.6. The smallest absolute Gasteiger partial charge is 0.349 e. The third kappa shape index (κ3) is 6.81. The van der Waals surface area contributed by atoms with Gasteiger partial charge in [0.1, 0.15) is 22.2 Å². The minimum Gasteiger partial charge on any atom is -0.349 e. The van der Waals surface area contributed by atoms with Crippen LogP contribution in [0.2, 0.25) is 0 Å². The van der Waals surface area contributed by atoms with Gasteiger partial charge in [0.05, 0.1) is 11.5 Å². The molecule has 3 aromatic carbocycles. The summed E-state index contributed by atoms with van der Waals surface area (Å²) in [7, 11) is -4.60. The summed E-state index contributed by atoms with van der Waals surface area (Å²) < 4.78 is 160. The van der Waals surface area contributed by atoms with E-state index in [4.69, 9.17) is 0 Å².